The molecule has 4 N–H and O–H groups in total. The van der Waals surface area contributed by atoms with Gasteiger partial charge in [-0.25, -0.2) is 8.42 Å². The van der Waals surface area contributed by atoms with Gasteiger partial charge in [0.05, 0.1) is 12.0 Å². The number of nitrogens with two attached hydrogens (primary N) is 1. The predicted molar refractivity (Wildman–Crippen MR) is 89.6 cm³/mol. The highest BCUT2D eigenvalue weighted by Crippen LogP contribution is 2.20. The molecule has 24 heavy (non-hydrogen) atoms. The lowest BCUT2D eigenvalue weighted by atomic mass is 10.1. The molecule has 0 fully saturated rings. The van der Waals surface area contributed by atoms with Crippen LogP contribution in [0.5, 0.6) is 5.75 Å². The molecule has 8 heteroatoms. The lowest BCUT2D eigenvalue weighted by molar-refractivity contribution is -0.138. The van der Waals surface area contributed by atoms with Crippen LogP contribution < -0.4 is 15.2 Å². The fraction of sp³-hybridized carbons (Fsp3) is 0.188. The van der Waals surface area contributed by atoms with Crippen LogP contribution in [0.25, 0.3) is 0 Å². The third kappa shape index (κ3) is 4.46. The molecule has 0 heterocycles. The van der Waals surface area contributed by atoms with Crippen molar-refractivity contribution in [2.45, 2.75) is 17.4 Å². The normalized spacial score (nSPS) is 12.4. The Balaban J connectivity index is 2.13. The lowest BCUT2D eigenvalue weighted by Gasteiger charge is -2.11. The molecule has 0 aliphatic rings. The average molecular weight is 350 g/mol. The van der Waals surface area contributed by atoms with E-state index in [9.17, 15) is 13.2 Å². The largest absolute Gasteiger partial charge is 0.497 e. The minimum absolute atomic E-state index is 0.0822. The molecule has 0 radical (unpaired) electrons. The van der Waals surface area contributed by atoms with Gasteiger partial charge >= 0.3 is 5.97 Å². The molecule has 2 aromatic rings. The number of carbonyl (C=O) groups is 1. The summed E-state index contributed by atoms with van der Waals surface area (Å²) in [4.78, 5) is 10.8. The topological polar surface area (TPSA) is 119 Å². The quantitative estimate of drug-likeness (QED) is 0.695. The van der Waals surface area contributed by atoms with Gasteiger partial charge in [-0.1, -0.05) is 18.2 Å². The van der Waals surface area contributed by atoms with Crippen LogP contribution in [-0.2, 0) is 21.2 Å². The van der Waals surface area contributed by atoms with Crippen molar-refractivity contribution < 1.29 is 23.1 Å². The number of carboxylic acids is 1. The number of benzene rings is 2. The van der Waals surface area contributed by atoms with Gasteiger partial charge < -0.3 is 15.6 Å². The summed E-state index contributed by atoms with van der Waals surface area (Å²) in [5.41, 5.74) is 6.54. The van der Waals surface area contributed by atoms with Crippen molar-refractivity contribution >= 4 is 21.7 Å². The SMILES string of the molecule is COc1cccc(S(=O)(=O)Nc2ccc(CC(N)C(=O)O)cc2)c1. The number of carboxylic acid groups (broad SMARTS) is 1. The zero-order valence-electron chi connectivity index (χ0n) is 13.0. The summed E-state index contributed by atoms with van der Waals surface area (Å²) < 4.78 is 32.2. The molecule has 1 unspecified atom stereocenters. The van der Waals surface area contributed by atoms with Gasteiger partial charge in [0, 0.05) is 11.8 Å². The second kappa shape index (κ2) is 7.33. The zero-order chi connectivity index (χ0) is 17.7. The average Bonchev–Trinajstić information content (AvgIpc) is 2.56. The van der Waals surface area contributed by atoms with Gasteiger partial charge in [0.2, 0.25) is 0 Å². The summed E-state index contributed by atoms with van der Waals surface area (Å²) in [5.74, 6) is -0.645. The van der Waals surface area contributed by atoms with E-state index in [1.807, 2.05) is 0 Å². The van der Waals surface area contributed by atoms with Gasteiger partial charge in [-0.05, 0) is 36.2 Å². The van der Waals surface area contributed by atoms with E-state index < -0.39 is 22.0 Å². The Hall–Kier alpha value is -2.58. The highest BCUT2D eigenvalue weighted by molar-refractivity contribution is 7.92. The molecule has 0 saturated carbocycles. The van der Waals surface area contributed by atoms with Gasteiger partial charge in [-0.3, -0.25) is 9.52 Å². The number of nitrogens with one attached hydrogen (secondary N) is 1. The van der Waals surface area contributed by atoms with Crippen LogP contribution in [-0.4, -0.2) is 32.6 Å². The Labute approximate surface area is 140 Å². The third-order valence-corrected chi connectivity index (χ3v) is 4.71. The molecular weight excluding hydrogens is 332 g/mol. The number of methoxy groups -OCH3 is 1. The zero-order valence-corrected chi connectivity index (χ0v) is 13.8. The maximum Gasteiger partial charge on any atom is 0.320 e. The molecule has 7 nitrogen and oxygen atoms in total. The molecule has 2 rings (SSSR count). The smallest absolute Gasteiger partial charge is 0.320 e. The summed E-state index contributed by atoms with van der Waals surface area (Å²) in [7, 11) is -2.29. The molecule has 0 amide bonds. The van der Waals surface area contributed by atoms with Crippen LogP contribution in [0.4, 0.5) is 5.69 Å². The van der Waals surface area contributed by atoms with Crippen molar-refractivity contribution in [3.05, 3.63) is 54.1 Å². The number of anilines is 1. The minimum atomic E-state index is -3.74. The van der Waals surface area contributed by atoms with Gasteiger partial charge in [-0.15, -0.1) is 0 Å². The molecule has 0 saturated heterocycles. The number of ether oxygens (including phenoxy) is 1. The van der Waals surface area contributed by atoms with Crippen molar-refractivity contribution in [2.75, 3.05) is 11.8 Å². The molecule has 0 aromatic heterocycles. The van der Waals surface area contributed by atoms with Crippen LogP contribution in [0, 0.1) is 0 Å². The van der Waals surface area contributed by atoms with Crippen LogP contribution in [0.3, 0.4) is 0 Å². The van der Waals surface area contributed by atoms with Gasteiger partial charge in [-0.2, -0.15) is 0 Å². The van der Waals surface area contributed by atoms with Gasteiger partial charge in [0.1, 0.15) is 11.8 Å². The van der Waals surface area contributed by atoms with E-state index in [0.717, 1.165) is 0 Å². The predicted octanol–water partition coefficient (Wildman–Crippen LogP) is 1.45. The van der Waals surface area contributed by atoms with E-state index in [1.165, 1.54) is 19.2 Å². The molecule has 0 aliphatic carbocycles. The number of aliphatic carboxylic acids is 1. The molecule has 128 valence electrons. The van der Waals surface area contributed by atoms with Crippen LogP contribution >= 0.6 is 0 Å². The number of hydrogen-bond donors (Lipinski definition) is 3. The van der Waals surface area contributed by atoms with E-state index in [-0.39, 0.29) is 11.3 Å². The maximum atomic E-state index is 12.4. The summed E-state index contributed by atoms with van der Waals surface area (Å²) in [6, 6.07) is 11.5. The third-order valence-electron chi connectivity index (χ3n) is 3.33. The Bertz CT molecular complexity index is 819. The van der Waals surface area contributed by atoms with Gasteiger partial charge in [0.25, 0.3) is 10.0 Å². The van der Waals surface area contributed by atoms with E-state index in [2.05, 4.69) is 4.72 Å². The number of sulfonamides is 1. The second-order valence-corrected chi connectivity index (χ2v) is 6.81. The van der Waals surface area contributed by atoms with Crippen molar-refractivity contribution in [1.82, 2.24) is 0 Å². The summed E-state index contributed by atoms with van der Waals surface area (Å²) in [5, 5.41) is 8.79. The molecule has 0 aliphatic heterocycles. The van der Waals surface area contributed by atoms with E-state index >= 15 is 0 Å². The summed E-state index contributed by atoms with van der Waals surface area (Å²) in [6.45, 7) is 0. The first-order chi connectivity index (χ1) is 11.3. The molecular formula is C16H18N2O5S. The maximum absolute atomic E-state index is 12.4. The molecule has 1 atom stereocenters. The molecule has 0 bridgehead atoms. The number of rotatable bonds is 7. The van der Waals surface area contributed by atoms with Crippen LogP contribution in [0.1, 0.15) is 5.56 Å². The Morgan fingerprint density at radius 2 is 1.92 bits per heavy atom. The molecule has 2 aromatic carbocycles. The first-order valence-corrected chi connectivity index (χ1v) is 8.54. The van der Waals surface area contributed by atoms with E-state index in [1.54, 1.807) is 36.4 Å². The highest BCUT2D eigenvalue weighted by atomic mass is 32.2. The first-order valence-electron chi connectivity index (χ1n) is 7.06. The van der Waals surface area contributed by atoms with Crippen molar-refractivity contribution in [3.63, 3.8) is 0 Å². The Kier molecular flexibility index (Phi) is 5.42. The van der Waals surface area contributed by atoms with Crippen LogP contribution in [0.2, 0.25) is 0 Å². The van der Waals surface area contributed by atoms with Crippen molar-refractivity contribution in [3.8, 4) is 5.75 Å². The second-order valence-electron chi connectivity index (χ2n) is 5.13. The fourth-order valence-corrected chi connectivity index (χ4v) is 3.13. The van der Waals surface area contributed by atoms with E-state index in [4.69, 9.17) is 15.6 Å². The summed E-state index contributed by atoms with van der Waals surface area (Å²) >= 11 is 0. The Morgan fingerprint density at radius 3 is 2.50 bits per heavy atom. The lowest BCUT2D eigenvalue weighted by Crippen LogP contribution is -2.32. The minimum Gasteiger partial charge on any atom is -0.497 e. The standard InChI is InChI=1S/C16H18N2O5S/c1-23-13-3-2-4-14(10-13)24(21,22)18-12-7-5-11(6-8-12)9-15(17)16(19)20/h2-8,10,15,18H,9,17H2,1H3,(H,19,20). The monoisotopic (exact) mass is 350 g/mol. The fourth-order valence-electron chi connectivity index (χ4n) is 2.03. The number of hydrogen-bond acceptors (Lipinski definition) is 5. The first kappa shape index (κ1) is 17.8. The van der Waals surface area contributed by atoms with Crippen molar-refractivity contribution in [1.29, 1.82) is 0 Å². The van der Waals surface area contributed by atoms with E-state index in [0.29, 0.717) is 17.0 Å². The summed E-state index contributed by atoms with van der Waals surface area (Å²) in [6.07, 6.45) is 0.165. The van der Waals surface area contributed by atoms with Crippen molar-refractivity contribution in [2.24, 2.45) is 5.73 Å². The molecule has 0 spiro atoms. The van der Waals surface area contributed by atoms with Gasteiger partial charge in [0.15, 0.2) is 0 Å². The van der Waals surface area contributed by atoms with Crippen LogP contribution in [0.15, 0.2) is 53.4 Å². The Morgan fingerprint density at radius 1 is 1.25 bits per heavy atom. The highest BCUT2D eigenvalue weighted by Gasteiger charge is 2.16.